The van der Waals surface area contributed by atoms with Crippen molar-refractivity contribution >= 4 is 68.8 Å². The van der Waals surface area contributed by atoms with Gasteiger partial charge >= 0.3 is 0 Å². The second-order valence-electron chi connectivity index (χ2n) is 10.5. The number of nitrogens with one attached hydrogen (secondary N) is 1. The Bertz CT molecular complexity index is 1670. The molecule has 2 heterocycles. The van der Waals surface area contributed by atoms with Crippen LogP contribution in [0.1, 0.15) is 38.2 Å². The van der Waals surface area contributed by atoms with Crippen LogP contribution in [0, 0.1) is 16.7 Å². The molecule has 2 aliphatic rings. The molecule has 0 bridgehead atoms. The fourth-order valence-corrected chi connectivity index (χ4v) is 7.39. The van der Waals surface area contributed by atoms with E-state index in [9.17, 15) is 14.9 Å². The van der Waals surface area contributed by atoms with Gasteiger partial charge in [-0.25, -0.2) is 0 Å². The molecule has 1 amide bonds. The van der Waals surface area contributed by atoms with Crippen LogP contribution in [0.2, 0.25) is 10.0 Å². The summed E-state index contributed by atoms with van der Waals surface area (Å²) in [5, 5.41) is 22.7. The van der Waals surface area contributed by atoms with Crippen molar-refractivity contribution in [2.45, 2.75) is 36.9 Å². The van der Waals surface area contributed by atoms with E-state index in [0.29, 0.717) is 60.6 Å². The minimum atomic E-state index is -0.678. The smallest absolute Gasteiger partial charge is 0.234 e. The van der Waals surface area contributed by atoms with Gasteiger partial charge in [0.15, 0.2) is 10.1 Å². The van der Waals surface area contributed by atoms with Crippen molar-refractivity contribution in [3.63, 3.8) is 0 Å². The summed E-state index contributed by atoms with van der Waals surface area (Å²) < 4.78 is 6.11. The number of rotatable bonds is 7. The number of thioether (sulfide) groups is 1. The molecular weight excluding hydrogens is 615 g/mol. The SMILES string of the molecule is COc1ccccc1C1C(C#N)=C(N)N(c2nnc(SCC(=O)Nc3c(Cl)cccc3Cl)s2)C2=C1C(=O)CC(C)(C)C2. The zero-order valence-corrected chi connectivity index (χ0v) is 26.0. The number of hydrogen-bond donors (Lipinski definition) is 2. The van der Waals surface area contributed by atoms with Gasteiger partial charge in [0.25, 0.3) is 0 Å². The van der Waals surface area contributed by atoms with Crippen molar-refractivity contribution in [1.29, 1.82) is 5.26 Å². The Morgan fingerprint density at radius 3 is 2.62 bits per heavy atom. The van der Waals surface area contributed by atoms with Crippen molar-refractivity contribution < 1.29 is 14.3 Å². The minimum absolute atomic E-state index is 0.0281. The van der Waals surface area contributed by atoms with E-state index in [-0.39, 0.29) is 34.3 Å². The number of ether oxygens (including phenoxy) is 1. The van der Waals surface area contributed by atoms with Crippen LogP contribution >= 0.6 is 46.3 Å². The van der Waals surface area contributed by atoms with E-state index >= 15 is 0 Å². The summed E-state index contributed by atoms with van der Waals surface area (Å²) in [5.74, 6) is -0.289. The van der Waals surface area contributed by atoms with E-state index in [1.54, 1.807) is 36.3 Å². The fourth-order valence-electron chi connectivity index (χ4n) is 5.21. The number of amides is 1. The van der Waals surface area contributed by atoms with Gasteiger partial charge in [-0.1, -0.05) is 84.4 Å². The summed E-state index contributed by atoms with van der Waals surface area (Å²) in [7, 11) is 1.55. The zero-order valence-electron chi connectivity index (χ0n) is 22.9. The molecule has 9 nitrogen and oxygen atoms in total. The number of methoxy groups -OCH3 is 1. The number of nitrogens with zero attached hydrogens (tertiary/aromatic N) is 4. The number of hydrogen-bond acceptors (Lipinski definition) is 10. The highest BCUT2D eigenvalue weighted by molar-refractivity contribution is 8.01. The summed E-state index contributed by atoms with van der Waals surface area (Å²) in [6, 6.07) is 14.5. The second kappa shape index (κ2) is 12.0. The van der Waals surface area contributed by atoms with Gasteiger partial charge in [0.1, 0.15) is 11.6 Å². The van der Waals surface area contributed by atoms with Gasteiger partial charge in [0, 0.05) is 23.3 Å². The summed E-state index contributed by atoms with van der Waals surface area (Å²) in [6.07, 6.45) is 0.855. The van der Waals surface area contributed by atoms with Crippen LogP contribution in [0.25, 0.3) is 0 Å². The van der Waals surface area contributed by atoms with Crippen LogP contribution in [-0.2, 0) is 9.59 Å². The molecule has 3 N–H and O–H groups in total. The highest BCUT2D eigenvalue weighted by atomic mass is 35.5. The number of ketones is 1. The van der Waals surface area contributed by atoms with Crippen molar-refractivity contribution in [3.05, 3.63) is 80.7 Å². The number of carbonyl (C=O) groups is 2. The van der Waals surface area contributed by atoms with Crippen LogP contribution in [0.4, 0.5) is 10.8 Å². The van der Waals surface area contributed by atoms with E-state index in [1.807, 2.05) is 32.0 Å². The third-order valence-corrected chi connectivity index (χ3v) is 9.64. The first-order chi connectivity index (χ1) is 20.0. The predicted molar refractivity (Wildman–Crippen MR) is 166 cm³/mol. The third kappa shape index (κ3) is 5.72. The van der Waals surface area contributed by atoms with Crippen molar-refractivity contribution in [1.82, 2.24) is 10.2 Å². The number of aromatic nitrogens is 2. The van der Waals surface area contributed by atoms with Crippen molar-refractivity contribution in [2.75, 3.05) is 23.1 Å². The molecule has 13 heteroatoms. The Labute approximate surface area is 261 Å². The van der Waals surface area contributed by atoms with Crippen LogP contribution in [0.5, 0.6) is 5.75 Å². The van der Waals surface area contributed by atoms with E-state index in [0.717, 1.165) is 0 Å². The summed E-state index contributed by atoms with van der Waals surface area (Å²) in [5.41, 5.74) is 8.82. The van der Waals surface area contributed by atoms with Crippen LogP contribution in [0.15, 0.2) is 69.5 Å². The number of anilines is 2. The molecule has 1 aliphatic heterocycles. The number of nitriles is 1. The highest BCUT2D eigenvalue weighted by Crippen LogP contribution is 2.52. The van der Waals surface area contributed by atoms with Crippen LogP contribution < -0.4 is 20.7 Å². The number of halogens is 2. The summed E-state index contributed by atoms with van der Waals surface area (Å²) in [6.45, 7) is 4.05. The fraction of sp³-hybridized carbons (Fsp3) is 0.276. The molecule has 2 aromatic carbocycles. The lowest BCUT2D eigenvalue weighted by molar-refractivity contribution is -0.118. The minimum Gasteiger partial charge on any atom is -0.496 e. The first kappa shape index (κ1) is 29.9. The molecule has 1 aliphatic carbocycles. The Kier molecular flexibility index (Phi) is 8.53. The lowest BCUT2D eigenvalue weighted by Gasteiger charge is -2.42. The molecule has 0 spiro atoms. The van der Waals surface area contributed by atoms with Gasteiger partial charge in [-0.05, 0) is 30.0 Å². The van der Waals surface area contributed by atoms with Gasteiger partial charge in [0.2, 0.25) is 11.0 Å². The maximum atomic E-state index is 13.8. The number of allylic oxidation sites excluding steroid dienone is 3. The molecule has 42 heavy (non-hydrogen) atoms. The van der Waals surface area contributed by atoms with E-state index < -0.39 is 5.92 Å². The molecule has 1 atom stereocenters. The molecular formula is C29H26Cl2N6O3S2. The van der Waals surface area contributed by atoms with E-state index in [1.165, 1.54) is 23.1 Å². The number of nitrogens with two attached hydrogens (primary N) is 1. The maximum absolute atomic E-state index is 13.8. The quantitative estimate of drug-likeness (QED) is 0.276. The lowest BCUT2D eigenvalue weighted by atomic mass is 9.68. The molecule has 5 rings (SSSR count). The summed E-state index contributed by atoms with van der Waals surface area (Å²) >= 11 is 14.7. The number of carbonyl (C=O) groups excluding carboxylic acids is 2. The van der Waals surface area contributed by atoms with Gasteiger partial charge in [-0.3, -0.25) is 14.5 Å². The van der Waals surface area contributed by atoms with Gasteiger partial charge in [0.05, 0.1) is 46.2 Å². The average Bonchev–Trinajstić information content (AvgIpc) is 3.41. The molecule has 0 radical (unpaired) electrons. The van der Waals surface area contributed by atoms with Gasteiger partial charge in [-0.15, -0.1) is 10.2 Å². The normalized spacial score (nSPS) is 18.0. The highest BCUT2D eigenvalue weighted by Gasteiger charge is 2.46. The molecule has 216 valence electrons. The first-order valence-corrected chi connectivity index (χ1v) is 15.4. The molecule has 0 saturated heterocycles. The zero-order chi connectivity index (χ0) is 30.2. The van der Waals surface area contributed by atoms with E-state index in [4.69, 9.17) is 33.7 Å². The van der Waals surface area contributed by atoms with Crippen molar-refractivity contribution in [3.8, 4) is 11.8 Å². The molecule has 3 aromatic rings. The topological polar surface area (TPSA) is 134 Å². The Balaban J connectivity index is 1.48. The van der Waals surface area contributed by atoms with Gasteiger partial charge in [-0.2, -0.15) is 5.26 Å². The van der Waals surface area contributed by atoms with Crippen molar-refractivity contribution in [2.24, 2.45) is 11.1 Å². The first-order valence-electron chi connectivity index (χ1n) is 12.8. The number of Topliss-reactive ketones (excluding diaryl/α,β-unsaturated/α-hetero) is 1. The Hall–Kier alpha value is -3.56. The average molecular weight is 642 g/mol. The van der Waals surface area contributed by atoms with Gasteiger partial charge < -0.3 is 15.8 Å². The Morgan fingerprint density at radius 2 is 1.93 bits per heavy atom. The standard InChI is InChI=1S/C29H26Cl2N6O3S2/c1-29(2)11-19-24(20(38)12-29)23(15-7-4-5-10-21(15)40-3)16(13-32)26(33)37(19)27-35-36-28(42-27)41-14-22(39)34-25-17(30)8-6-9-18(25)31/h4-10,23H,11-12,14,33H2,1-3H3,(H,34,39). The third-order valence-electron chi connectivity index (χ3n) is 6.97. The largest absolute Gasteiger partial charge is 0.496 e. The summed E-state index contributed by atoms with van der Waals surface area (Å²) in [4.78, 5) is 28.1. The molecule has 1 aromatic heterocycles. The monoisotopic (exact) mass is 640 g/mol. The van der Waals surface area contributed by atoms with Crippen LogP contribution in [0.3, 0.4) is 0 Å². The molecule has 1 unspecified atom stereocenters. The second-order valence-corrected chi connectivity index (χ2v) is 13.5. The molecule has 0 saturated carbocycles. The predicted octanol–water partition coefficient (Wildman–Crippen LogP) is 6.53. The number of benzene rings is 2. The number of para-hydroxylation sites is 2. The van der Waals surface area contributed by atoms with Crippen LogP contribution in [-0.4, -0.2) is 34.8 Å². The lowest BCUT2D eigenvalue weighted by Crippen LogP contribution is -2.42. The Morgan fingerprint density at radius 1 is 1.21 bits per heavy atom. The van der Waals surface area contributed by atoms with E-state index in [2.05, 4.69) is 21.6 Å². The molecule has 0 fully saturated rings. The maximum Gasteiger partial charge on any atom is 0.234 e.